The smallest absolute Gasteiger partial charge is 0.354 e. The number of phenolic OH excluding ortho intramolecular Hbond substituents is 1. The highest BCUT2D eigenvalue weighted by atomic mass is 16.5. The van der Waals surface area contributed by atoms with Crippen LogP contribution >= 0.6 is 0 Å². The van der Waals surface area contributed by atoms with Crippen LogP contribution in [0.2, 0.25) is 0 Å². The van der Waals surface area contributed by atoms with Crippen molar-refractivity contribution in [1.82, 2.24) is 4.57 Å². The molecule has 17 heavy (non-hydrogen) atoms. The first-order chi connectivity index (χ1) is 8.13. The van der Waals surface area contributed by atoms with Crippen LogP contribution in [0.25, 0.3) is 11.1 Å². The maximum absolute atomic E-state index is 11.5. The number of nitrogens with zero attached hydrogens (tertiary/aromatic N) is 1. The lowest BCUT2D eigenvalue weighted by molar-refractivity contribution is 0.0590. The van der Waals surface area contributed by atoms with Gasteiger partial charge in [0.1, 0.15) is 11.4 Å². The van der Waals surface area contributed by atoms with E-state index in [0.29, 0.717) is 11.3 Å². The maximum atomic E-state index is 11.5. The first kappa shape index (κ1) is 11.3. The van der Waals surface area contributed by atoms with Crippen molar-refractivity contribution in [2.24, 2.45) is 7.05 Å². The van der Waals surface area contributed by atoms with Crippen molar-refractivity contribution >= 4 is 5.97 Å². The minimum Gasteiger partial charge on any atom is -0.507 e. The van der Waals surface area contributed by atoms with Crippen molar-refractivity contribution in [3.05, 3.63) is 42.2 Å². The fourth-order valence-electron chi connectivity index (χ4n) is 1.74. The Hall–Kier alpha value is -2.23. The lowest BCUT2D eigenvalue weighted by Crippen LogP contribution is -2.06. The van der Waals surface area contributed by atoms with E-state index in [0.717, 1.165) is 5.56 Å². The molecule has 4 heteroatoms. The van der Waals surface area contributed by atoms with E-state index >= 15 is 0 Å². The zero-order valence-electron chi connectivity index (χ0n) is 9.68. The lowest BCUT2D eigenvalue weighted by Gasteiger charge is -1.99. The summed E-state index contributed by atoms with van der Waals surface area (Å²) in [6, 6.07) is 8.69. The molecule has 0 bridgehead atoms. The van der Waals surface area contributed by atoms with Crippen LogP contribution in [0, 0.1) is 0 Å². The number of hydrogen-bond acceptors (Lipinski definition) is 3. The van der Waals surface area contributed by atoms with Gasteiger partial charge in [0, 0.05) is 24.4 Å². The van der Waals surface area contributed by atoms with Gasteiger partial charge in [-0.15, -0.1) is 0 Å². The quantitative estimate of drug-likeness (QED) is 0.806. The zero-order valence-corrected chi connectivity index (χ0v) is 9.68. The number of aryl methyl sites for hydroxylation is 1. The molecule has 1 aromatic heterocycles. The number of carbonyl (C=O) groups is 1. The molecule has 0 atom stereocenters. The van der Waals surface area contributed by atoms with Gasteiger partial charge >= 0.3 is 5.97 Å². The van der Waals surface area contributed by atoms with Crippen molar-refractivity contribution < 1.29 is 14.6 Å². The molecule has 88 valence electrons. The number of esters is 1. The van der Waals surface area contributed by atoms with Crippen molar-refractivity contribution in [3.8, 4) is 16.9 Å². The van der Waals surface area contributed by atoms with Gasteiger partial charge in [-0.2, -0.15) is 0 Å². The van der Waals surface area contributed by atoms with Crippen LogP contribution in [0.5, 0.6) is 5.75 Å². The molecule has 1 aromatic carbocycles. The standard InChI is InChI=1S/C13H13NO3/c1-14-8-9(7-11(14)13(16)17-2)10-5-3-4-6-12(10)15/h3-8,15H,1-2H3. The zero-order chi connectivity index (χ0) is 12.4. The largest absolute Gasteiger partial charge is 0.507 e. The second kappa shape index (κ2) is 4.33. The van der Waals surface area contributed by atoms with Gasteiger partial charge in [-0.05, 0) is 12.1 Å². The highest BCUT2D eigenvalue weighted by Gasteiger charge is 2.14. The molecular weight excluding hydrogens is 218 g/mol. The van der Waals surface area contributed by atoms with Gasteiger partial charge in [0.2, 0.25) is 0 Å². The number of carbonyl (C=O) groups excluding carboxylic acids is 1. The molecule has 0 radical (unpaired) electrons. The Balaban J connectivity index is 2.49. The number of benzene rings is 1. The summed E-state index contributed by atoms with van der Waals surface area (Å²) < 4.78 is 6.35. The molecule has 0 saturated carbocycles. The molecule has 0 unspecified atom stereocenters. The summed E-state index contributed by atoms with van der Waals surface area (Å²) >= 11 is 0. The summed E-state index contributed by atoms with van der Waals surface area (Å²) in [5.74, 6) is -0.205. The number of aromatic nitrogens is 1. The number of para-hydroxylation sites is 1. The first-order valence-electron chi connectivity index (χ1n) is 5.16. The van der Waals surface area contributed by atoms with E-state index in [4.69, 9.17) is 0 Å². The molecule has 4 nitrogen and oxygen atoms in total. The molecule has 0 saturated heterocycles. The number of phenols is 1. The average molecular weight is 231 g/mol. The van der Waals surface area contributed by atoms with Crippen LogP contribution in [0.15, 0.2) is 36.5 Å². The number of methoxy groups -OCH3 is 1. The average Bonchev–Trinajstić information content (AvgIpc) is 2.71. The third-order valence-corrected chi connectivity index (χ3v) is 2.61. The molecule has 2 rings (SSSR count). The van der Waals surface area contributed by atoms with Crippen LogP contribution in [-0.4, -0.2) is 22.8 Å². The summed E-state index contributed by atoms with van der Waals surface area (Å²) in [7, 11) is 3.10. The Labute approximate surface area is 99.1 Å². The molecule has 2 aromatic rings. The fourth-order valence-corrected chi connectivity index (χ4v) is 1.74. The third kappa shape index (κ3) is 2.01. The van der Waals surface area contributed by atoms with Gasteiger partial charge in [-0.3, -0.25) is 0 Å². The monoisotopic (exact) mass is 231 g/mol. The van der Waals surface area contributed by atoms with Crippen molar-refractivity contribution in [2.75, 3.05) is 7.11 Å². The summed E-state index contributed by atoms with van der Waals surface area (Å²) in [5, 5.41) is 9.73. The van der Waals surface area contributed by atoms with Crippen molar-refractivity contribution in [2.45, 2.75) is 0 Å². The topological polar surface area (TPSA) is 51.5 Å². The molecule has 0 aliphatic rings. The molecule has 1 N–H and O–H groups in total. The summed E-state index contributed by atoms with van der Waals surface area (Å²) in [4.78, 5) is 11.5. The summed E-state index contributed by atoms with van der Waals surface area (Å²) in [6.07, 6.45) is 1.78. The van der Waals surface area contributed by atoms with E-state index < -0.39 is 5.97 Å². The summed E-state index contributed by atoms with van der Waals surface area (Å²) in [5.41, 5.74) is 1.93. The molecule has 0 amide bonds. The third-order valence-electron chi connectivity index (χ3n) is 2.61. The van der Waals surface area contributed by atoms with Gasteiger partial charge in [0.25, 0.3) is 0 Å². The molecule has 0 aliphatic carbocycles. The number of hydrogen-bond donors (Lipinski definition) is 1. The van der Waals surface area contributed by atoms with Crippen LogP contribution in [0.3, 0.4) is 0 Å². The van der Waals surface area contributed by atoms with Crippen molar-refractivity contribution in [1.29, 1.82) is 0 Å². The van der Waals surface area contributed by atoms with E-state index in [1.807, 2.05) is 6.07 Å². The highest BCUT2D eigenvalue weighted by molar-refractivity contribution is 5.90. The Kier molecular flexibility index (Phi) is 2.87. The molecular formula is C13H13NO3. The molecule has 0 aliphatic heterocycles. The normalized spacial score (nSPS) is 10.2. The molecule has 1 heterocycles. The number of aromatic hydroxyl groups is 1. The minimum absolute atomic E-state index is 0.189. The fraction of sp³-hybridized carbons (Fsp3) is 0.154. The van der Waals surface area contributed by atoms with Crippen LogP contribution in [-0.2, 0) is 11.8 Å². The second-order valence-corrected chi connectivity index (χ2v) is 3.73. The molecule has 0 spiro atoms. The SMILES string of the molecule is COC(=O)c1cc(-c2ccccc2O)cn1C. The van der Waals surface area contributed by atoms with E-state index in [1.54, 1.807) is 42.1 Å². The van der Waals surface area contributed by atoms with Gasteiger partial charge in [-0.25, -0.2) is 4.79 Å². The van der Waals surface area contributed by atoms with Crippen molar-refractivity contribution in [3.63, 3.8) is 0 Å². The highest BCUT2D eigenvalue weighted by Crippen LogP contribution is 2.29. The van der Waals surface area contributed by atoms with Crippen LogP contribution in [0.4, 0.5) is 0 Å². The Morgan fingerprint density at radius 3 is 2.71 bits per heavy atom. The van der Waals surface area contributed by atoms with Gasteiger partial charge in [0.15, 0.2) is 0 Å². The van der Waals surface area contributed by atoms with E-state index in [1.165, 1.54) is 7.11 Å². The number of rotatable bonds is 2. The van der Waals surface area contributed by atoms with Gasteiger partial charge in [0.05, 0.1) is 7.11 Å². The van der Waals surface area contributed by atoms with E-state index in [9.17, 15) is 9.90 Å². The van der Waals surface area contributed by atoms with Gasteiger partial charge in [-0.1, -0.05) is 18.2 Å². The van der Waals surface area contributed by atoms with Gasteiger partial charge < -0.3 is 14.4 Å². The van der Waals surface area contributed by atoms with Crippen LogP contribution in [0.1, 0.15) is 10.5 Å². The lowest BCUT2D eigenvalue weighted by atomic mass is 10.1. The number of ether oxygens (including phenoxy) is 1. The van der Waals surface area contributed by atoms with E-state index in [2.05, 4.69) is 4.74 Å². The second-order valence-electron chi connectivity index (χ2n) is 3.73. The first-order valence-corrected chi connectivity index (χ1v) is 5.16. The Morgan fingerprint density at radius 2 is 2.06 bits per heavy atom. The maximum Gasteiger partial charge on any atom is 0.354 e. The minimum atomic E-state index is -0.394. The predicted octanol–water partition coefficient (Wildman–Crippen LogP) is 2.18. The van der Waals surface area contributed by atoms with E-state index in [-0.39, 0.29) is 5.75 Å². The Bertz CT molecular complexity index is 558. The van der Waals surface area contributed by atoms with Crippen LogP contribution < -0.4 is 0 Å². The predicted molar refractivity (Wildman–Crippen MR) is 63.9 cm³/mol. The summed E-state index contributed by atoms with van der Waals surface area (Å²) in [6.45, 7) is 0. The molecule has 0 fully saturated rings. The Morgan fingerprint density at radius 1 is 1.35 bits per heavy atom.